The fourth-order valence-electron chi connectivity index (χ4n) is 1.79. The van der Waals surface area contributed by atoms with Gasteiger partial charge in [0.05, 0.1) is 6.21 Å². The number of nitrogens with two attached hydrogens (primary N) is 1. The molecule has 7 nitrogen and oxygen atoms in total. The lowest BCUT2D eigenvalue weighted by molar-refractivity contribution is 0.575. The van der Waals surface area contributed by atoms with Crippen molar-refractivity contribution in [1.29, 1.82) is 0 Å². The Hall–Kier alpha value is -2.32. The number of anilines is 1. The summed E-state index contributed by atoms with van der Waals surface area (Å²) in [5.74, 6) is 8.03. The first-order valence-corrected chi connectivity index (χ1v) is 7.25. The van der Waals surface area contributed by atoms with E-state index < -0.39 is 0 Å². The van der Waals surface area contributed by atoms with Crippen molar-refractivity contribution in [2.45, 2.75) is 6.92 Å². The molecule has 0 aliphatic carbocycles. The van der Waals surface area contributed by atoms with Crippen LogP contribution in [-0.2, 0) is 0 Å². The molecule has 0 fully saturated rings. The van der Waals surface area contributed by atoms with E-state index in [9.17, 15) is 0 Å². The fraction of sp³-hybridized carbons (Fsp3) is 0.0714. The molecule has 9 heteroatoms. The van der Waals surface area contributed by atoms with Crippen LogP contribution in [0.4, 0.5) is 5.95 Å². The summed E-state index contributed by atoms with van der Waals surface area (Å²) in [6.45, 7) is 1.75. The molecule has 0 spiro atoms. The lowest BCUT2D eigenvalue weighted by Crippen LogP contribution is -2.13. The van der Waals surface area contributed by atoms with Gasteiger partial charge in [0.25, 0.3) is 5.95 Å². The number of nitrogens with zero attached hydrogens (tertiary/aromatic N) is 4. The van der Waals surface area contributed by atoms with Gasteiger partial charge in [0.15, 0.2) is 5.82 Å². The SMILES string of the molecule is Cc1nnc(NN=Cc2ccc(-c3ccc(Br)cc3)o2)n1N.Cl. The molecule has 0 aliphatic heterocycles. The van der Waals surface area contributed by atoms with E-state index in [1.54, 1.807) is 13.1 Å². The molecule has 1 aromatic carbocycles. The minimum atomic E-state index is 0. The number of nitrogen functional groups attached to an aromatic ring is 1. The van der Waals surface area contributed by atoms with Gasteiger partial charge >= 0.3 is 0 Å². The predicted molar refractivity (Wildman–Crippen MR) is 95.2 cm³/mol. The maximum atomic E-state index is 5.70. The second-order valence-corrected chi connectivity index (χ2v) is 5.44. The average Bonchev–Trinajstić information content (AvgIpc) is 3.10. The van der Waals surface area contributed by atoms with Crippen molar-refractivity contribution in [3.8, 4) is 11.3 Å². The summed E-state index contributed by atoms with van der Waals surface area (Å²) in [5, 5.41) is 11.7. The van der Waals surface area contributed by atoms with Crippen molar-refractivity contribution in [2.75, 3.05) is 11.3 Å². The third-order valence-electron chi connectivity index (χ3n) is 2.98. The van der Waals surface area contributed by atoms with Gasteiger partial charge in [-0.1, -0.05) is 28.1 Å². The van der Waals surface area contributed by atoms with E-state index in [0.717, 1.165) is 15.8 Å². The fourth-order valence-corrected chi connectivity index (χ4v) is 2.06. The van der Waals surface area contributed by atoms with E-state index in [1.165, 1.54) is 4.68 Å². The number of hydrazone groups is 1. The monoisotopic (exact) mass is 396 g/mol. The molecule has 0 saturated carbocycles. The molecule has 0 atom stereocenters. The standard InChI is InChI=1S/C14H13BrN6O.ClH/c1-9-18-20-14(21(9)16)19-17-8-12-6-7-13(22-12)10-2-4-11(15)5-3-10;/h2-8H,16H2,1H3,(H,19,20);1H. The number of hydrogen-bond donors (Lipinski definition) is 2. The first kappa shape index (κ1) is 17.0. The van der Waals surface area contributed by atoms with Crippen LogP contribution in [0.3, 0.4) is 0 Å². The highest BCUT2D eigenvalue weighted by molar-refractivity contribution is 9.10. The van der Waals surface area contributed by atoms with Gasteiger partial charge in [-0.05, 0) is 31.2 Å². The first-order valence-electron chi connectivity index (χ1n) is 6.45. The van der Waals surface area contributed by atoms with E-state index in [4.69, 9.17) is 10.3 Å². The Labute approximate surface area is 147 Å². The third-order valence-corrected chi connectivity index (χ3v) is 3.51. The van der Waals surface area contributed by atoms with Gasteiger partial charge in [0.2, 0.25) is 0 Å². The van der Waals surface area contributed by atoms with Gasteiger partial charge in [-0.15, -0.1) is 22.6 Å². The maximum absolute atomic E-state index is 5.70. The maximum Gasteiger partial charge on any atom is 0.263 e. The van der Waals surface area contributed by atoms with E-state index in [-0.39, 0.29) is 12.4 Å². The molecular formula is C14H14BrClN6O. The molecule has 2 aromatic heterocycles. The minimum absolute atomic E-state index is 0. The van der Waals surface area contributed by atoms with Crippen molar-refractivity contribution in [3.05, 3.63) is 52.5 Å². The zero-order valence-electron chi connectivity index (χ0n) is 12.1. The Balaban J connectivity index is 0.00000192. The molecular weight excluding hydrogens is 384 g/mol. The Morgan fingerprint density at radius 1 is 1.22 bits per heavy atom. The van der Waals surface area contributed by atoms with Crippen molar-refractivity contribution in [1.82, 2.24) is 14.9 Å². The molecule has 0 radical (unpaired) electrons. The molecule has 0 unspecified atom stereocenters. The summed E-state index contributed by atoms with van der Waals surface area (Å²) in [7, 11) is 0. The topological polar surface area (TPSA) is 94.3 Å². The van der Waals surface area contributed by atoms with Crippen LogP contribution in [0, 0.1) is 6.92 Å². The molecule has 0 aliphatic rings. The van der Waals surface area contributed by atoms with Crippen LogP contribution in [0.5, 0.6) is 0 Å². The van der Waals surface area contributed by atoms with Gasteiger partial charge in [0.1, 0.15) is 11.5 Å². The number of furan rings is 1. The third kappa shape index (κ3) is 3.91. The van der Waals surface area contributed by atoms with Crippen molar-refractivity contribution >= 4 is 40.5 Å². The Morgan fingerprint density at radius 3 is 2.61 bits per heavy atom. The van der Waals surface area contributed by atoms with Gasteiger partial charge in [-0.3, -0.25) is 0 Å². The quantitative estimate of drug-likeness (QED) is 0.400. The highest BCUT2D eigenvalue weighted by Crippen LogP contribution is 2.23. The molecule has 0 bridgehead atoms. The summed E-state index contributed by atoms with van der Waals surface area (Å²) in [6.07, 6.45) is 1.55. The van der Waals surface area contributed by atoms with Crippen LogP contribution in [0.25, 0.3) is 11.3 Å². The Kier molecular flexibility index (Phi) is 5.41. The van der Waals surface area contributed by atoms with E-state index in [1.807, 2.05) is 36.4 Å². The summed E-state index contributed by atoms with van der Waals surface area (Å²) in [5.41, 5.74) is 3.70. The van der Waals surface area contributed by atoms with E-state index in [0.29, 0.717) is 17.5 Å². The largest absolute Gasteiger partial charge is 0.455 e. The molecule has 3 N–H and O–H groups in total. The number of aromatic nitrogens is 3. The van der Waals surface area contributed by atoms with Crippen molar-refractivity contribution in [2.24, 2.45) is 5.10 Å². The zero-order chi connectivity index (χ0) is 15.5. The smallest absolute Gasteiger partial charge is 0.263 e. The number of benzene rings is 1. The Bertz CT molecular complexity index is 811. The van der Waals surface area contributed by atoms with Gasteiger partial charge in [-0.25, -0.2) is 10.1 Å². The molecule has 3 aromatic rings. The second kappa shape index (κ2) is 7.30. The number of halogens is 2. The molecule has 23 heavy (non-hydrogen) atoms. The molecule has 2 heterocycles. The van der Waals surface area contributed by atoms with Crippen LogP contribution in [0.1, 0.15) is 11.6 Å². The molecule has 0 amide bonds. The molecule has 3 rings (SSSR count). The Morgan fingerprint density at radius 2 is 1.96 bits per heavy atom. The minimum Gasteiger partial charge on any atom is -0.455 e. The average molecular weight is 398 g/mol. The van der Waals surface area contributed by atoms with E-state index >= 15 is 0 Å². The van der Waals surface area contributed by atoms with Crippen LogP contribution in [0.2, 0.25) is 0 Å². The second-order valence-electron chi connectivity index (χ2n) is 4.52. The summed E-state index contributed by atoms with van der Waals surface area (Å²) in [4.78, 5) is 0. The number of hydrogen-bond acceptors (Lipinski definition) is 6. The lowest BCUT2D eigenvalue weighted by atomic mass is 10.2. The van der Waals surface area contributed by atoms with Gasteiger partial charge in [-0.2, -0.15) is 5.10 Å². The number of nitrogens with one attached hydrogen (secondary N) is 1. The van der Waals surface area contributed by atoms with Gasteiger partial charge < -0.3 is 10.3 Å². The van der Waals surface area contributed by atoms with Crippen LogP contribution < -0.4 is 11.3 Å². The first-order chi connectivity index (χ1) is 10.6. The highest BCUT2D eigenvalue weighted by atomic mass is 79.9. The van der Waals surface area contributed by atoms with Crippen LogP contribution in [-0.4, -0.2) is 21.1 Å². The molecule has 120 valence electrons. The summed E-state index contributed by atoms with van der Waals surface area (Å²) < 4.78 is 8.04. The van der Waals surface area contributed by atoms with E-state index in [2.05, 4.69) is 36.7 Å². The normalized spacial score (nSPS) is 10.7. The van der Waals surface area contributed by atoms with Crippen LogP contribution in [0.15, 0.2) is 50.4 Å². The number of rotatable bonds is 4. The lowest BCUT2D eigenvalue weighted by Gasteiger charge is -1.98. The summed E-state index contributed by atoms with van der Waals surface area (Å²) >= 11 is 3.40. The molecule has 0 saturated heterocycles. The number of aryl methyl sites for hydroxylation is 1. The zero-order valence-corrected chi connectivity index (χ0v) is 14.5. The highest BCUT2D eigenvalue weighted by Gasteiger charge is 2.05. The van der Waals surface area contributed by atoms with Gasteiger partial charge in [0, 0.05) is 10.0 Å². The van der Waals surface area contributed by atoms with Crippen molar-refractivity contribution < 1.29 is 4.42 Å². The van der Waals surface area contributed by atoms with Crippen molar-refractivity contribution in [3.63, 3.8) is 0 Å². The van der Waals surface area contributed by atoms with Crippen LogP contribution >= 0.6 is 28.3 Å². The predicted octanol–water partition coefficient (Wildman–Crippen LogP) is 3.19. The summed E-state index contributed by atoms with van der Waals surface area (Å²) in [6, 6.07) is 11.6.